The molecule has 0 heterocycles. The van der Waals surface area contributed by atoms with E-state index in [2.05, 4.69) is 12.2 Å². The zero-order chi connectivity index (χ0) is 16.7. The normalized spacial score (nSPS) is 13.2. The molecule has 0 aliphatic carbocycles. The Hall–Kier alpha value is -2.29. The second-order valence-corrected chi connectivity index (χ2v) is 5.66. The van der Waals surface area contributed by atoms with Gasteiger partial charge >= 0.3 is 0 Å². The molecular formula is C20H25NO2. The number of nitrogens with one attached hydrogen (secondary N) is 1. The van der Waals surface area contributed by atoms with Crippen LogP contribution < -0.4 is 10.1 Å². The second kappa shape index (κ2) is 8.37. The van der Waals surface area contributed by atoms with Crippen molar-refractivity contribution in [2.24, 2.45) is 0 Å². The van der Waals surface area contributed by atoms with Gasteiger partial charge in [-0.1, -0.05) is 62.4 Å². The third kappa shape index (κ3) is 4.59. The summed E-state index contributed by atoms with van der Waals surface area (Å²) in [6.45, 7) is 6.02. The molecule has 3 heteroatoms. The summed E-state index contributed by atoms with van der Waals surface area (Å²) in [5.41, 5.74) is 2.16. The summed E-state index contributed by atoms with van der Waals surface area (Å²) >= 11 is 0. The lowest BCUT2D eigenvalue weighted by atomic mass is 10.0. The van der Waals surface area contributed by atoms with Crippen molar-refractivity contribution in [1.82, 2.24) is 5.32 Å². The zero-order valence-corrected chi connectivity index (χ0v) is 14.1. The highest BCUT2D eigenvalue weighted by Gasteiger charge is 2.22. The van der Waals surface area contributed by atoms with Crippen LogP contribution in [0.4, 0.5) is 0 Å². The number of hydrogen-bond donors (Lipinski definition) is 1. The van der Waals surface area contributed by atoms with E-state index >= 15 is 0 Å². The quantitative estimate of drug-likeness (QED) is 0.822. The van der Waals surface area contributed by atoms with Crippen LogP contribution >= 0.6 is 0 Å². The summed E-state index contributed by atoms with van der Waals surface area (Å²) in [6, 6.07) is 17.8. The highest BCUT2D eigenvalue weighted by Crippen LogP contribution is 2.20. The van der Waals surface area contributed by atoms with Gasteiger partial charge in [-0.05, 0) is 37.0 Å². The Bertz CT molecular complexity index is 625. The maximum Gasteiger partial charge on any atom is 0.261 e. The molecular weight excluding hydrogens is 286 g/mol. The van der Waals surface area contributed by atoms with Crippen LogP contribution in [-0.4, -0.2) is 12.0 Å². The average molecular weight is 311 g/mol. The monoisotopic (exact) mass is 311 g/mol. The third-order valence-electron chi connectivity index (χ3n) is 3.95. The fourth-order valence-electron chi connectivity index (χ4n) is 2.54. The van der Waals surface area contributed by atoms with E-state index in [4.69, 9.17) is 4.74 Å². The van der Waals surface area contributed by atoms with Gasteiger partial charge in [0.05, 0.1) is 6.04 Å². The van der Waals surface area contributed by atoms with Crippen molar-refractivity contribution in [2.45, 2.75) is 45.8 Å². The Kier molecular flexibility index (Phi) is 6.21. The molecule has 0 aliphatic rings. The minimum Gasteiger partial charge on any atom is -0.480 e. The topological polar surface area (TPSA) is 38.3 Å². The number of carbonyl (C=O) groups excluding carboxylic acids is 1. The molecule has 1 N–H and O–H groups in total. The highest BCUT2D eigenvalue weighted by atomic mass is 16.5. The first-order valence-corrected chi connectivity index (χ1v) is 8.23. The molecule has 0 saturated carbocycles. The van der Waals surface area contributed by atoms with Crippen molar-refractivity contribution in [1.29, 1.82) is 0 Å². The van der Waals surface area contributed by atoms with Gasteiger partial charge in [0.2, 0.25) is 0 Å². The van der Waals surface area contributed by atoms with Crippen molar-refractivity contribution in [2.75, 3.05) is 0 Å². The minimum atomic E-state index is -0.478. The Morgan fingerprint density at radius 3 is 2.26 bits per heavy atom. The number of rotatable bonds is 7. The van der Waals surface area contributed by atoms with E-state index in [1.807, 2.05) is 68.4 Å². The Labute approximate surface area is 138 Å². The van der Waals surface area contributed by atoms with Crippen LogP contribution in [0.1, 0.15) is 43.9 Å². The van der Waals surface area contributed by atoms with Crippen LogP contribution in [0, 0.1) is 6.92 Å². The number of carbonyl (C=O) groups is 1. The van der Waals surface area contributed by atoms with Gasteiger partial charge < -0.3 is 10.1 Å². The summed E-state index contributed by atoms with van der Waals surface area (Å²) in [7, 11) is 0. The molecule has 2 rings (SSSR count). The first kappa shape index (κ1) is 17.1. The molecule has 0 unspecified atom stereocenters. The predicted octanol–water partition coefficient (Wildman–Crippen LogP) is 4.42. The maximum atomic E-state index is 12.6. The lowest BCUT2D eigenvalue weighted by molar-refractivity contribution is -0.129. The molecule has 3 nitrogen and oxygen atoms in total. The summed E-state index contributed by atoms with van der Waals surface area (Å²) in [5.74, 6) is 0.703. The van der Waals surface area contributed by atoms with Gasteiger partial charge in [-0.3, -0.25) is 4.79 Å². The van der Waals surface area contributed by atoms with E-state index < -0.39 is 6.10 Å². The van der Waals surface area contributed by atoms with Crippen molar-refractivity contribution in [3.8, 4) is 5.75 Å². The number of benzene rings is 2. The fourth-order valence-corrected chi connectivity index (χ4v) is 2.54. The van der Waals surface area contributed by atoms with E-state index in [0.717, 1.165) is 23.3 Å². The highest BCUT2D eigenvalue weighted by molar-refractivity contribution is 5.81. The van der Waals surface area contributed by atoms with Gasteiger partial charge in [0.25, 0.3) is 5.91 Å². The minimum absolute atomic E-state index is 0.0122. The van der Waals surface area contributed by atoms with Crippen LogP contribution in [0.2, 0.25) is 0 Å². The summed E-state index contributed by atoms with van der Waals surface area (Å²) in [6.07, 6.45) is 0.996. The Balaban J connectivity index is 2.06. The van der Waals surface area contributed by atoms with Gasteiger partial charge in [0.15, 0.2) is 6.10 Å². The fraction of sp³-hybridized carbons (Fsp3) is 0.350. The molecule has 0 saturated heterocycles. The number of para-hydroxylation sites is 1. The van der Waals surface area contributed by atoms with Crippen LogP contribution in [0.5, 0.6) is 5.75 Å². The SMILES string of the molecule is CC[C@H](Oc1ccccc1C)C(=O)N[C@H](CC)c1ccccc1. The van der Waals surface area contributed by atoms with E-state index in [-0.39, 0.29) is 11.9 Å². The summed E-state index contributed by atoms with van der Waals surface area (Å²) < 4.78 is 5.93. The van der Waals surface area contributed by atoms with Crippen LogP contribution in [-0.2, 0) is 4.79 Å². The van der Waals surface area contributed by atoms with E-state index in [1.54, 1.807) is 0 Å². The number of amides is 1. The third-order valence-corrected chi connectivity index (χ3v) is 3.95. The predicted molar refractivity (Wildman–Crippen MR) is 93.5 cm³/mol. The van der Waals surface area contributed by atoms with Crippen molar-refractivity contribution in [3.63, 3.8) is 0 Å². The lowest BCUT2D eigenvalue weighted by Crippen LogP contribution is -2.40. The number of ether oxygens (including phenoxy) is 1. The maximum absolute atomic E-state index is 12.6. The van der Waals surface area contributed by atoms with Gasteiger partial charge in [-0.25, -0.2) is 0 Å². The molecule has 1 amide bonds. The van der Waals surface area contributed by atoms with Crippen molar-refractivity contribution < 1.29 is 9.53 Å². The lowest BCUT2D eigenvalue weighted by Gasteiger charge is -2.23. The molecule has 2 atom stereocenters. The van der Waals surface area contributed by atoms with Crippen molar-refractivity contribution in [3.05, 3.63) is 65.7 Å². The molecule has 0 spiro atoms. The van der Waals surface area contributed by atoms with Gasteiger partial charge in [-0.2, -0.15) is 0 Å². The molecule has 2 aromatic rings. The molecule has 122 valence electrons. The van der Waals surface area contributed by atoms with Crippen LogP contribution in [0.3, 0.4) is 0 Å². The van der Waals surface area contributed by atoms with Crippen LogP contribution in [0.15, 0.2) is 54.6 Å². The molecule has 0 aromatic heterocycles. The first-order chi connectivity index (χ1) is 11.2. The first-order valence-electron chi connectivity index (χ1n) is 8.23. The van der Waals surface area contributed by atoms with E-state index in [0.29, 0.717) is 6.42 Å². The molecule has 0 bridgehead atoms. The van der Waals surface area contributed by atoms with Gasteiger partial charge in [0, 0.05) is 0 Å². The molecule has 2 aromatic carbocycles. The zero-order valence-electron chi connectivity index (χ0n) is 14.1. The Morgan fingerprint density at radius 1 is 1.00 bits per heavy atom. The number of aryl methyl sites for hydroxylation is 1. The molecule has 23 heavy (non-hydrogen) atoms. The molecule has 0 radical (unpaired) electrons. The Morgan fingerprint density at radius 2 is 1.65 bits per heavy atom. The second-order valence-electron chi connectivity index (χ2n) is 5.66. The number of hydrogen-bond acceptors (Lipinski definition) is 2. The molecule has 0 fully saturated rings. The van der Waals surface area contributed by atoms with E-state index in [1.165, 1.54) is 0 Å². The van der Waals surface area contributed by atoms with Crippen LogP contribution in [0.25, 0.3) is 0 Å². The largest absolute Gasteiger partial charge is 0.480 e. The average Bonchev–Trinajstić information content (AvgIpc) is 2.59. The smallest absolute Gasteiger partial charge is 0.261 e. The summed E-state index contributed by atoms with van der Waals surface area (Å²) in [5, 5.41) is 3.11. The van der Waals surface area contributed by atoms with Gasteiger partial charge in [-0.15, -0.1) is 0 Å². The molecule has 0 aliphatic heterocycles. The van der Waals surface area contributed by atoms with Gasteiger partial charge in [0.1, 0.15) is 5.75 Å². The van der Waals surface area contributed by atoms with Crippen molar-refractivity contribution >= 4 is 5.91 Å². The summed E-state index contributed by atoms with van der Waals surface area (Å²) in [4.78, 5) is 12.6. The van der Waals surface area contributed by atoms with E-state index in [9.17, 15) is 4.79 Å². The standard InChI is InChI=1S/C20H25NO2/c1-4-17(16-12-7-6-8-13-16)21-20(22)18(5-2)23-19-14-10-9-11-15(19)3/h6-14,17-18H,4-5H2,1-3H3,(H,21,22)/t17-,18+/m1/s1.